The third-order valence-electron chi connectivity index (χ3n) is 2.61. The lowest BCUT2D eigenvalue weighted by atomic mass is 10.2. The summed E-state index contributed by atoms with van der Waals surface area (Å²) in [7, 11) is 0. The van der Waals surface area contributed by atoms with Gasteiger partial charge in [0.05, 0.1) is 0 Å². The highest BCUT2D eigenvalue weighted by Gasteiger charge is 2.02. The molecule has 2 amide bonds. The van der Waals surface area contributed by atoms with Crippen molar-refractivity contribution in [2.45, 2.75) is 6.54 Å². The number of aliphatic hydroxyl groups is 1. The van der Waals surface area contributed by atoms with Crippen LogP contribution in [0.4, 0.5) is 10.5 Å². The van der Waals surface area contributed by atoms with Gasteiger partial charge in [-0.05, 0) is 23.6 Å². The number of nitrogens with zero attached hydrogens (tertiary/aromatic N) is 1. The van der Waals surface area contributed by atoms with E-state index in [2.05, 4.69) is 27.5 Å². The number of anilines is 1. The van der Waals surface area contributed by atoms with Crippen molar-refractivity contribution < 1.29 is 9.90 Å². The molecule has 2 aromatic rings. The molecule has 0 radical (unpaired) electrons. The van der Waals surface area contributed by atoms with Crippen molar-refractivity contribution in [1.29, 1.82) is 0 Å². The zero-order valence-corrected chi connectivity index (χ0v) is 11.3. The number of carbonyl (C=O) groups excluding carboxylic acids is 1. The summed E-state index contributed by atoms with van der Waals surface area (Å²) in [5, 5.41) is 14.1. The molecular formula is C16H15N3O2. The third kappa shape index (κ3) is 4.97. The van der Waals surface area contributed by atoms with Gasteiger partial charge in [-0.3, -0.25) is 0 Å². The molecule has 0 aliphatic heterocycles. The van der Waals surface area contributed by atoms with Gasteiger partial charge in [-0.1, -0.05) is 36.3 Å². The summed E-state index contributed by atoms with van der Waals surface area (Å²) in [6.07, 6.45) is 1.55. The number of nitrogens with one attached hydrogen (secondary N) is 2. The van der Waals surface area contributed by atoms with Gasteiger partial charge in [-0.25, -0.2) is 9.78 Å². The second-order valence-electron chi connectivity index (χ2n) is 4.18. The summed E-state index contributed by atoms with van der Waals surface area (Å²) in [5.41, 5.74) is 2.11. The van der Waals surface area contributed by atoms with Crippen molar-refractivity contribution in [3.05, 3.63) is 59.9 Å². The number of pyridine rings is 1. The van der Waals surface area contributed by atoms with E-state index in [4.69, 9.17) is 5.11 Å². The zero-order chi connectivity index (χ0) is 14.9. The topological polar surface area (TPSA) is 74.2 Å². The predicted octanol–water partition coefficient (Wildman–Crippen LogP) is 1.75. The Morgan fingerprint density at radius 3 is 2.81 bits per heavy atom. The minimum Gasteiger partial charge on any atom is -0.384 e. The number of rotatable bonds is 3. The molecule has 106 valence electrons. The van der Waals surface area contributed by atoms with Crippen LogP contribution in [0.5, 0.6) is 0 Å². The minimum atomic E-state index is -0.300. The number of aliphatic hydroxyl groups excluding tert-OH is 1. The average molecular weight is 281 g/mol. The van der Waals surface area contributed by atoms with Crippen LogP contribution in [0.3, 0.4) is 0 Å². The van der Waals surface area contributed by atoms with Crippen LogP contribution in [0.25, 0.3) is 0 Å². The Hall–Kier alpha value is -2.84. The first kappa shape index (κ1) is 14.6. The molecule has 0 atom stereocenters. The van der Waals surface area contributed by atoms with Crippen LogP contribution in [0.2, 0.25) is 0 Å². The van der Waals surface area contributed by atoms with E-state index in [0.29, 0.717) is 17.9 Å². The molecule has 0 spiro atoms. The monoisotopic (exact) mass is 281 g/mol. The lowest BCUT2D eigenvalue weighted by molar-refractivity contribution is 0.251. The van der Waals surface area contributed by atoms with E-state index in [-0.39, 0.29) is 12.6 Å². The van der Waals surface area contributed by atoms with Gasteiger partial charge in [0.2, 0.25) is 0 Å². The fourth-order valence-electron chi connectivity index (χ4n) is 1.66. The van der Waals surface area contributed by atoms with Crippen LogP contribution >= 0.6 is 0 Å². The normalized spacial score (nSPS) is 9.38. The first-order valence-corrected chi connectivity index (χ1v) is 6.42. The van der Waals surface area contributed by atoms with Crippen molar-refractivity contribution in [1.82, 2.24) is 10.3 Å². The van der Waals surface area contributed by atoms with Crippen molar-refractivity contribution >= 4 is 11.7 Å². The third-order valence-corrected chi connectivity index (χ3v) is 2.61. The smallest absolute Gasteiger partial charge is 0.319 e. The first-order chi connectivity index (χ1) is 10.3. The number of amides is 2. The molecule has 0 fully saturated rings. The average Bonchev–Trinajstić information content (AvgIpc) is 2.52. The van der Waals surface area contributed by atoms with Crippen LogP contribution in [0, 0.1) is 11.8 Å². The predicted molar refractivity (Wildman–Crippen MR) is 80.5 cm³/mol. The fraction of sp³-hybridized carbons (Fsp3) is 0.125. The Balaban J connectivity index is 1.90. The lowest BCUT2D eigenvalue weighted by Gasteiger charge is -2.07. The molecule has 0 unspecified atom stereocenters. The summed E-state index contributed by atoms with van der Waals surface area (Å²) >= 11 is 0. The van der Waals surface area contributed by atoms with Gasteiger partial charge in [-0.2, -0.15) is 0 Å². The number of hydrogen-bond acceptors (Lipinski definition) is 3. The molecule has 2 rings (SSSR count). The van der Waals surface area contributed by atoms with E-state index in [1.54, 1.807) is 18.3 Å². The summed E-state index contributed by atoms with van der Waals surface area (Å²) in [4.78, 5) is 15.8. The van der Waals surface area contributed by atoms with E-state index in [1.807, 2.05) is 30.3 Å². The van der Waals surface area contributed by atoms with Crippen LogP contribution < -0.4 is 10.6 Å². The van der Waals surface area contributed by atoms with Gasteiger partial charge in [0.15, 0.2) is 0 Å². The van der Waals surface area contributed by atoms with E-state index in [0.717, 1.165) is 5.56 Å². The molecule has 0 saturated carbocycles. The summed E-state index contributed by atoms with van der Waals surface area (Å²) in [5.74, 6) is 5.19. The summed E-state index contributed by atoms with van der Waals surface area (Å²) < 4.78 is 0. The number of aromatic nitrogens is 1. The van der Waals surface area contributed by atoms with Crippen molar-refractivity contribution in [3.8, 4) is 11.8 Å². The minimum absolute atomic E-state index is 0.225. The van der Waals surface area contributed by atoms with Gasteiger partial charge < -0.3 is 15.7 Å². The molecule has 1 aromatic carbocycles. The molecule has 0 aliphatic carbocycles. The lowest BCUT2D eigenvalue weighted by Crippen LogP contribution is -2.28. The highest BCUT2D eigenvalue weighted by atomic mass is 16.2. The van der Waals surface area contributed by atoms with Crippen LogP contribution in [-0.2, 0) is 6.54 Å². The SMILES string of the molecule is O=C(NCc1ccccc1)Nc1ccnc(C#CCO)c1. The quantitative estimate of drug-likeness (QED) is 0.750. The fourth-order valence-corrected chi connectivity index (χ4v) is 1.66. The van der Waals surface area contributed by atoms with Crippen LogP contribution in [0.15, 0.2) is 48.7 Å². The summed E-state index contributed by atoms with van der Waals surface area (Å²) in [6, 6.07) is 12.7. The molecule has 0 aliphatic rings. The number of carbonyl (C=O) groups is 1. The highest BCUT2D eigenvalue weighted by Crippen LogP contribution is 2.07. The Labute approximate surface area is 123 Å². The molecular weight excluding hydrogens is 266 g/mol. The number of urea groups is 1. The molecule has 0 saturated heterocycles. The largest absolute Gasteiger partial charge is 0.384 e. The highest BCUT2D eigenvalue weighted by molar-refractivity contribution is 5.89. The second-order valence-corrected chi connectivity index (χ2v) is 4.18. The number of hydrogen-bond donors (Lipinski definition) is 3. The van der Waals surface area contributed by atoms with Crippen molar-refractivity contribution in [2.75, 3.05) is 11.9 Å². The van der Waals surface area contributed by atoms with E-state index in [9.17, 15) is 4.79 Å². The number of benzene rings is 1. The molecule has 3 N–H and O–H groups in total. The van der Waals surface area contributed by atoms with Crippen molar-refractivity contribution in [3.63, 3.8) is 0 Å². The Morgan fingerprint density at radius 2 is 2.05 bits per heavy atom. The molecule has 5 heteroatoms. The molecule has 1 aromatic heterocycles. The van der Waals surface area contributed by atoms with E-state index < -0.39 is 0 Å². The van der Waals surface area contributed by atoms with E-state index >= 15 is 0 Å². The molecule has 1 heterocycles. The standard InChI is InChI=1S/C16H15N3O2/c20-10-4-7-14-11-15(8-9-17-14)19-16(21)18-12-13-5-2-1-3-6-13/h1-3,5-6,8-9,11,20H,10,12H2,(H2,17,18,19,21). The van der Waals surface area contributed by atoms with Gasteiger partial charge in [-0.15, -0.1) is 0 Å². The Bertz CT molecular complexity index is 660. The molecule has 0 bridgehead atoms. The maximum Gasteiger partial charge on any atom is 0.319 e. The Kier molecular flexibility index (Phi) is 5.33. The summed E-state index contributed by atoms with van der Waals surface area (Å²) in [6.45, 7) is 0.228. The van der Waals surface area contributed by atoms with Gasteiger partial charge in [0.1, 0.15) is 12.3 Å². The van der Waals surface area contributed by atoms with E-state index in [1.165, 1.54) is 0 Å². The van der Waals surface area contributed by atoms with Gasteiger partial charge >= 0.3 is 6.03 Å². The van der Waals surface area contributed by atoms with Gasteiger partial charge in [0.25, 0.3) is 0 Å². The zero-order valence-electron chi connectivity index (χ0n) is 11.3. The Morgan fingerprint density at radius 1 is 1.24 bits per heavy atom. The molecule has 5 nitrogen and oxygen atoms in total. The van der Waals surface area contributed by atoms with Crippen LogP contribution in [0.1, 0.15) is 11.3 Å². The van der Waals surface area contributed by atoms with Crippen LogP contribution in [-0.4, -0.2) is 22.7 Å². The van der Waals surface area contributed by atoms with Crippen molar-refractivity contribution in [2.24, 2.45) is 0 Å². The maximum atomic E-state index is 11.8. The second kappa shape index (κ2) is 7.68. The van der Waals surface area contributed by atoms with Gasteiger partial charge in [0, 0.05) is 18.4 Å². The molecule has 21 heavy (non-hydrogen) atoms. The maximum absolute atomic E-state index is 11.8. The first-order valence-electron chi connectivity index (χ1n) is 6.42.